The van der Waals surface area contributed by atoms with E-state index in [9.17, 15) is 0 Å². The minimum absolute atomic E-state index is 0.321. The number of tetrazole rings is 1. The molecule has 2 rings (SSSR count). The van der Waals surface area contributed by atoms with Crippen molar-refractivity contribution < 1.29 is 0 Å². The number of rotatable bonds is 1. The average molecular weight is 140 g/mol. The van der Waals surface area contributed by atoms with Gasteiger partial charge in [0.2, 0.25) is 12.0 Å². The van der Waals surface area contributed by atoms with Crippen molar-refractivity contribution in [2.24, 2.45) is 10.3 Å². The lowest BCUT2D eigenvalue weighted by molar-refractivity contribution is 0.530. The Morgan fingerprint density at radius 2 is 2.40 bits per heavy atom. The van der Waals surface area contributed by atoms with Crippen LogP contribution in [0.1, 0.15) is 12.0 Å². The number of hydrogen-bond acceptors (Lipinski definition) is 7. The maximum atomic E-state index is 3.70. The van der Waals surface area contributed by atoms with E-state index >= 15 is 0 Å². The molecule has 0 bridgehead atoms. The largest absolute Gasteiger partial charge is 0.222 e. The van der Waals surface area contributed by atoms with Crippen molar-refractivity contribution in [3.05, 3.63) is 5.82 Å². The van der Waals surface area contributed by atoms with Gasteiger partial charge in [0.05, 0.1) is 0 Å². The molecule has 0 saturated carbocycles. The Balaban J connectivity index is 2.20. The van der Waals surface area contributed by atoms with Gasteiger partial charge in [-0.25, -0.2) is 5.53 Å². The molecule has 52 valence electrons. The monoisotopic (exact) mass is 140 g/mol. The van der Waals surface area contributed by atoms with Crippen molar-refractivity contribution in [2.45, 2.75) is 6.17 Å². The molecule has 1 aliphatic heterocycles. The quantitative estimate of drug-likeness (QED) is 0.448. The molecule has 0 aliphatic carbocycles. The molecule has 1 unspecified atom stereocenters. The molecular formula is C2H4N8. The molecule has 2 heterocycles. The molecule has 0 aromatic carbocycles. The van der Waals surface area contributed by atoms with Gasteiger partial charge in [0.25, 0.3) is 0 Å². The zero-order valence-corrected chi connectivity index (χ0v) is 4.81. The van der Waals surface area contributed by atoms with Crippen LogP contribution in [0.2, 0.25) is 0 Å². The summed E-state index contributed by atoms with van der Waals surface area (Å²) < 4.78 is 0. The Kier molecular flexibility index (Phi) is 1.04. The zero-order valence-electron chi connectivity index (χ0n) is 4.81. The number of hydrazine groups is 1. The fourth-order valence-corrected chi connectivity index (χ4v) is 0.607. The predicted molar refractivity (Wildman–Crippen MR) is 28.0 cm³/mol. The lowest BCUT2D eigenvalue weighted by atomic mass is 10.5. The normalized spacial score (nSPS) is 23.0. The summed E-state index contributed by atoms with van der Waals surface area (Å²) in [5, 5.41) is 20.2. The van der Waals surface area contributed by atoms with Crippen molar-refractivity contribution in [2.75, 3.05) is 0 Å². The van der Waals surface area contributed by atoms with Gasteiger partial charge < -0.3 is 0 Å². The first-order chi connectivity index (χ1) is 4.97. The molecule has 3 N–H and O–H groups in total. The minimum Gasteiger partial charge on any atom is -0.222 e. The molecule has 0 saturated heterocycles. The molecule has 10 heavy (non-hydrogen) atoms. The van der Waals surface area contributed by atoms with Gasteiger partial charge in [0, 0.05) is 0 Å². The van der Waals surface area contributed by atoms with Crippen LogP contribution in [0.15, 0.2) is 10.3 Å². The predicted octanol–water partition coefficient (Wildman–Crippen LogP) is -1.33. The van der Waals surface area contributed by atoms with E-state index in [0.717, 1.165) is 0 Å². The molecule has 0 radical (unpaired) electrons. The summed E-state index contributed by atoms with van der Waals surface area (Å²) in [5.74, 6) is 0.466. The fourth-order valence-electron chi connectivity index (χ4n) is 0.607. The van der Waals surface area contributed by atoms with E-state index in [1.807, 2.05) is 0 Å². The van der Waals surface area contributed by atoms with Gasteiger partial charge in [-0.15, -0.1) is 15.3 Å². The van der Waals surface area contributed by atoms with E-state index in [-0.39, 0.29) is 6.17 Å². The fraction of sp³-hybridized carbons (Fsp3) is 0.500. The summed E-state index contributed by atoms with van der Waals surface area (Å²) in [6, 6.07) is 0. The van der Waals surface area contributed by atoms with E-state index in [1.165, 1.54) is 0 Å². The first kappa shape index (κ1) is 5.23. The molecule has 1 aromatic rings. The van der Waals surface area contributed by atoms with Crippen LogP contribution < -0.4 is 11.0 Å². The van der Waals surface area contributed by atoms with E-state index in [0.29, 0.717) is 5.82 Å². The summed E-state index contributed by atoms with van der Waals surface area (Å²) in [7, 11) is 0. The highest BCUT2D eigenvalue weighted by molar-refractivity contribution is 4.86. The zero-order chi connectivity index (χ0) is 6.81. The van der Waals surface area contributed by atoms with Crippen molar-refractivity contribution in [3.8, 4) is 0 Å². The number of nitrogens with zero attached hydrogens (tertiary/aromatic N) is 5. The van der Waals surface area contributed by atoms with Crippen LogP contribution in [0.25, 0.3) is 0 Å². The Bertz CT molecular complexity index is 223. The molecule has 8 heteroatoms. The van der Waals surface area contributed by atoms with Crippen molar-refractivity contribution in [3.63, 3.8) is 0 Å². The summed E-state index contributed by atoms with van der Waals surface area (Å²) in [6.07, 6.45) is -0.321. The molecule has 0 amide bonds. The second-order valence-electron chi connectivity index (χ2n) is 1.64. The molecule has 1 aromatic heterocycles. The van der Waals surface area contributed by atoms with Crippen LogP contribution in [0, 0.1) is 0 Å². The van der Waals surface area contributed by atoms with Gasteiger partial charge in [0.1, 0.15) is 0 Å². The maximum absolute atomic E-state index is 3.70. The average Bonchev–Trinajstić information content (AvgIpc) is 2.59. The van der Waals surface area contributed by atoms with Crippen molar-refractivity contribution >= 4 is 0 Å². The van der Waals surface area contributed by atoms with Crippen LogP contribution in [0.3, 0.4) is 0 Å². The van der Waals surface area contributed by atoms with E-state index in [4.69, 9.17) is 0 Å². The van der Waals surface area contributed by atoms with Crippen LogP contribution >= 0.6 is 0 Å². The van der Waals surface area contributed by atoms with Crippen LogP contribution in [0.4, 0.5) is 0 Å². The Hall–Kier alpha value is -1.57. The third-order valence-electron chi connectivity index (χ3n) is 1.03. The number of aromatic nitrogens is 4. The molecule has 0 spiro atoms. The van der Waals surface area contributed by atoms with Crippen molar-refractivity contribution in [1.29, 1.82) is 0 Å². The summed E-state index contributed by atoms with van der Waals surface area (Å²) in [5.41, 5.74) is 5.14. The summed E-state index contributed by atoms with van der Waals surface area (Å²) in [4.78, 5) is 0. The lowest BCUT2D eigenvalue weighted by Crippen LogP contribution is -2.24. The topological polar surface area (TPSA) is 103 Å². The Labute approximate surface area is 55.1 Å². The van der Waals surface area contributed by atoms with E-state index in [1.54, 1.807) is 0 Å². The number of hydrogen-bond donors (Lipinski definition) is 3. The molecule has 1 atom stereocenters. The Morgan fingerprint density at radius 1 is 1.40 bits per heavy atom. The van der Waals surface area contributed by atoms with Crippen molar-refractivity contribution in [1.82, 2.24) is 31.6 Å². The summed E-state index contributed by atoms with van der Waals surface area (Å²) in [6.45, 7) is 0. The van der Waals surface area contributed by atoms with Gasteiger partial charge >= 0.3 is 0 Å². The van der Waals surface area contributed by atoms with Gasteiger partial charge in [-0.05, 0) is 0 Å². The lowest BCUT2D eigenvalue weighted by Gasteiger charge is -1.95. The van der Waals surface area contributed by atoms with Gasteiger partial charge in [-0.2, -0.15) is 10.6 Å². The van der Waals surface area contributed by atoms with E-state index < -0.39 is 0 Å². The Morgan fingerprint density at radius 3 is 3.00 bits per heavy atom. The van der Waals surface area contributed by atoms with Gasteiger partial charge in [-0.1, -0.05) is 10.4 Å². The second kappa shape index (κ2) is 1.99. The third-order valence-corrected chi connectivity index (χ3v) is 1.03. The van der Waals surface area contributed by atoms with Crippen LogP contribution in [-0.4, -0.2) is 20.6 Å². The highest BCUT2D eigenvalue weighted by Crippen LogP contribution is 2.08. The number of aromatic amines is 1. The number of H-pyrrole nitrogens is 1. The van der Waals surface area contributed by atoms with E-state index in [2.05, 4.69) is 41.9 Å². The summed E-state index contributed by atoms with van der Waals surface area (Å²) >= 11 is 0. The SMILES string of the molecule is N1=NC(c2nn[nH]n2)NN1. The maximum Gasteiger partial charge on any atom is 0.217 e. The van der Waals surface area contributed by atoms with Gasteiger partial charge in [0.15, 0.2) is 0 Å². The minimum atomic E-state index is -0.321. The highest BCUT2D eigenvalue weighted by Gasteiger charge is 2.17. The molecule has 8 nitrogen and oxygen atoms in total. The standard InChI is InChI=1S/C2H4N8/c3-1(4-8-7-3)2-5-9-10-6-2/h1H,(H,3,8)(H,4,7)(H,5,6,9,10). The highest BCUT2D eigenvalue weighted by atomic mass is 15.7. The third kappa shape index (κ3) is 0.702. The number of nitrogens with one attached hydrogen (secondary N) is 3. The van der Waals surface area contributed by atoms with Gasteiger partial charge in [-0.3, -0.25) is 0 Å². The molecule has 0 fully saturated rings. The first-order valence-electron chi connectivity index (χ1n) is 2.60. The first-order valence-corrected chi connectivity index (χ1v) is 2.60. The second-order valence-corrected chi connectivity index (χ2v) is 1.64. The van der Waals surface area contributed by atoms with Crippen LogP contribution in [-0.2, 0) is 0 Å². The van der Waals surface area contributed by atoms with Crippen LogP contribution in [0.5, 0.6) is 0 Å². The molecular weight excluding hydrogens is 136 g/mol. The smallest absolute Gasteiger partial charge is 0.217 e. The molecule has 1 aliphatic rings.